The summed E-state index contributed by atoms with van der Waals surface area (Å²) in [5.74, 6) is -2.76. The molecule has 0 bridgehead atoms. The number of hydrogen-bond acceptors (Lipinski definition) is 6. The molecule has 1 aliphatic carbocycles. The van der Waals surface area contributed by atoms with E-state index in [2.05, 4.69) is 5.10 Å². The predicted octanol–water partition coefficient (Wildman–Crippen LogP) is 4.76. The highest BCUT2D eigenvalue weighted by Gasteiger charge is 2.37. The molecule has 0 radical (unpaired) electrons. The van der Waals surface area contributed by atoms with Crippen molar-refractivity contribution in [2.75, 3.05) is 14.2 Å². The van der Waals surface area contributed by atoms with Gasteiger partial charge in [-0.3, -0.25) is 4.68 Å². The first-order chi connectivity index (χ1) is 17.1. The van der Waals surface area contributed by atoms with Crippen LogP contribution in [0.25, 0.3) is 10.9 Å². The Hall–Kier alpha value is -3.24. The number of ether oxygens (including phenoxy) is 3. The molecule has 2 atom stereocenters. The van der Waals surface area contributed by atoms with Crippen molar-refractivity contribution < 1.29 is 38.0 Å². The standard InChI is InChI=1S/C26H30F2N2O6/c1-15-20(34-2)11-17(12-21(15)35-3)24(31)22(36-18-7-9-26(27,28)10-8-18)14-30-13-16-5-4-6-19(25(32)33)23(16)29-30/h4-6,11-13,18,22,24,31H,7-10,14H2,1-3H3,(H,32,33). The average molecular weight is 505 g/mol. The third kappa shape index (κ3) is 5.44. The third-order valence-corrected chi connectivity index (χ3v) is 6.68. The van der Waals surface area contributed by atoms with Crippen molar-refractivity contribution in [3.8, 4) is 11.5 Å². The summed E-state index contributed by atoms with van der Waals surface area (Å²) in [6.45, 7) is 1.90. The molecule has 194 valence electrons. The van der Waals surface area contributed by atoms with Gasteiger partial charge in [-0.15, -0.1) is 0 Å². The van der Waals surface area contributed by atoms with Gasteiger partial charge in [0.2, 0.25) is 5.92 Å². The van der Waals surface area contributed by atoms with Crippen LogP contribution in [0.2, 0.25) is 0 Å². The van der Waals surface area contributed by atoms with Crippen molar-refractivity contribution in [2.45, 2.75) is 63.4 Å². The molecular weight excluding hydrogens is 474 g/mol. The van der Waals surface area contributed by atoms with Gasteiger partial charge in [0, 0.05) is 30.0 Å². The highest BCUT2D eigenvalue weighted by atomic mass is 19.3. The molecule has 1 heterocycles. The predicted molar refractivity (Wildman–Crippen MR) is 128 cm³/mol. The number of hydrogen-bond donors (Lipinski definition) is 2. The summed E-state index contributed by atoms with van der Waals surface area (Å²) < 4.78 is 46.0. The van der Waals surface area contributed by atoms with Crippen LogP contribution in [0, 0.1) is 6.92 Å². The topological polar surface area (TPSA) is 103 Å². The number of rotatable bonds is 9. The second-order valence-electron chi connectivity index (χ2n) is 9.12. The lowest BCUT2D eigenvalue weighted by Crippen LogP contribution is -2.36. The monoisotopic (exact) mass is 504 g/mol. The molecule has 8 nitrogen and oxygen atoms in total. The third-order valence-electron chi connectivity index (χ3n) is 6.68. The second-order valence-corrected chi connectivity index (χ2v) is 9.12. The number of fused-ring (bicyclic) bond motifs is 1. The Bertz CT molecular complexity index is 1210. The van der Waals surface area contributed by atoms with Gasteiger partial charge in [-0.2, -0.15) is 5.10 Å². The van der Waals surface area contributed by atoms with E-state index < -0.39 is 30.2 Å². The lowest BCUT2D eigenvalue weighted by molar-refractivity contribution is -0.129. The van der Waals surface area contributed by atoms with Gasteiger partial charge in [-0.25, -0.2) is 13.6 Å². The first-order valence-corrected chi connectivity index (χ1v) is 11.7. The quantitative estimate of drug-likeness (QED) is 0.433. The molecule has 36 heavy (non-hydrogen) atoms. The summed E-state index contributed by atoms with van der Waals surface area (Å²) in [7, 11) is 3.03. The molecule has 2 aromatic carbocycles. The molecule has 2 unspecified atom stereocenters. The number of aromatic carboxylic acids is 1. The molecule has 4 rings (SSSR count). The summed E-state index contributed by atoms with van der Waals surface area (Å²) in [5, 5.41) is 25.9. The Morgan fingerprint density at radius 1 is 1.19 bits per heavy atom. The number of benzene rings is 2. The highest BCUT2D eigenvalue weighted by Crippen LogP contribution is 2.37. The number of aliphatic hydroxyl groups excluding tert-OH is 1. The van der Waals surface area contributed by atoms with E-state index in [0.29, 0.717) is 28.0 Å². The van der Waals surface area contributed by atoms with Crippen LogP contribution in [0.1, 0.15) is 53.3 Å². The fourth-order valence-corrected chi connectivity index (χ4v) is 4.65. The first-order valence-electron chi connectivity index (χ1n) is 11.7. The lowest BCUT2D eigenvalue weighted by atomic mass is 9.93. The van der Waals surface area contributed by atoms with Crippen molar-refractivity contribution in [3.05, 3.63) is 53.2 Å². The number of carbonyl (C=O) groups is 1. The maximum atomic E-state index is 13.7. The Kier molecular flexibility index (Phi) is 7.46. The van der Waals surface area contributed by atoms with E-state index in [0.717, 1.165) is 5.56 Å². The average Bonchev–Trinajstić information content (AvgIpc) is 3.27. The zero-order chi connectivity index (χ0) is 26.0. The highest BCUT2D eigenvalue weighted by molar-refractivity contribution is 6.01. The number of halogens is 2. The number of nitrogens with zero attached hydrogens (tertiary/aromatic N) is 2. The van der Waals surface area contributed by atoms with Crippen LogP contribution in [0.5, 0.6) is 11.5 Å². The molecule has 0 aliphatic heterocycles. The maximum absolute atomic E-state index is 13.7. The van der Waals surface area contributed by atoms with Crippen molar-refractivity contribution in [3.63, 3.8) is 0 Å². The van der Waals surface area contributed by atoms with Crippen LogP contribution < -0.4 is 9.47 Å². The Morgan fingerprint density at radius 3 is 2.42 bits per heavy atom. The maximum Gasteiger partial charge on any atom is 0.337 e. The molecule has 1 fully saturated rings. The van der Waals surface area contributed by atoms with Crippen molar-refractivity contribution in [1.82, 2.24) is 9.78 Å². The lowest BCUT2D eigenvalue weighted by Gasteiger charge is -2.33. The summed E-state index contributed by atoms with van der Waals surface area (Å²) >= 11 is 0. The molecule has 1 aromatic heterocycles. The van der Waals surface area contributed by atoms with E-state index >= 15 is 0 Å². The van der Waals surface area contributed by atoms with Crippen LogP contribution in [0.4, 0.5) is 8.78 Å². The van der Waals surface area contributed by atoms with E-state index in [4.69, 9.17) is 14.2 Å². The van der Waals surface area contributed by atoms with Crippen LogP contribution in [0.3, 0.4) is 0 Å². The number of aliphatic hydroxyl groups is 1. The van der Waals surface area contributed by atoms with Crippen LogP contribution in [0.15, 0.2) is 36.5 Å². The molecule has 0 spiro atoms. The zero-order valence-electron chi connectivity index (χ0n) is 20.4. The van der Waals surface area contributed by atoms with E-state index in [-0.39, 0.29) is 37.8 Å². The number of methoxy groups -OCH3 is 2. The molecule has 0 saturated heterocycles. The van der Waals surface area contributed by atoms with Gasteiger partial charge in [0.1, 0.15) is 29.2 Å². The first kappa shape index (κ1) is 25.8. The summed E-state index contributed by atoms with van der Waals surface area (Å²) in [5.41, 5.74) is 1.62. The van der Waals surface area contributed by atoms with Gasteiger partial charge in [0.15, 0.2) is 0 Å². The van der Waals surface area contributed by atoms with Crippen LogP contribution >= 0.6 is 0 Å². The fourth-order valence-electron chi connectivity index (χ4n) is 4.65. The largest absolute Gasteiger partial charge is 0.496 e. The van der Waals surface area contributed by atoms with Crippen LogP contribution in [-0.4, -0.2) is 58.3 Å². The van der Waals surface area contributed by atoms with Crippen molar-refractivity contribution >= 4 is 16.9 Å². The van der Waals surface area contributed by atoms with Gasteiger partial charge >= 0.3 is 5.97 Å². The van der Waals surface area contributed by atoms with Crippen LogP contribution in [-0.2, 0) is 11.3 Å². The number of carboxylic acid groups (broad SMARTS) is 1. The zero-order valence-corrected chi connectivity index (χ0v) is 20.4. The molecule has 2 N–H and O–H groups in total. The summed E-state index contributed by atoms with van der Waals surface area (Å²) in [4.78, 5) is 11.6. The van der Waals surface area contributed by atoms with Gasteiger partial charge < -0.3 is 24.4 Å². The number of aromatic nitrogens is 2. The minimum atomic E-state index is -2.71. The summed E-state index contributed by atoms with van der Waals surface area (Å²) in [6.07, 6.45) is -1.03. The van der Waals surface area contributed by atoms with Gasteiger partial charge in [0.05, 0.1) is 32.4 Å². The van der Waals surface area contributed by atoms with E-state index in [1.165, 1.54) is 25.0 Å². The van der Waals surface area contributed by atoms with Gasteiger partial charge in [0.25, 0.3) is 0 Å². The number of carboxylic acids is 1. The second kappa shape index (κ2) is 10.4. The van der Waals surface area contributed by atoms with Crippen molar-refractivity contribution in [1.29, 1.82) is 0 Å². The van der Waals surface area contributed by atoms with Crippen molar-refractivity contribution in [2.24, 2.45) is 0 Å². The Balaban J connectivity index is 1.67. The summed E-state index contributed by atoms with van der Waals surface area (Å²) in [6, 6.07) is 8.23. The smallest absolute Gasteiger partial charge is 0.337 e. The minimum absolute atomic E-state index is 0.0618. The number of alkyl halides is 2. The Labute approximate surface area is 207 Å². The van der Waals surface area contributed by atoms with Gasteiger partial charge in [-0.1, -0.05) is 12.1 Å². The molecule has 0 amide bonds. The molecule has 1 aliphatic rings. The molecule has 1 saturated carbocycles. The SMILES string of the molecule is COc1cc(C(O)C(Cn2cc3cccc(C(=O)O)c3n2)OC2CCC(F)(F)CC2)cc(OC)c1C. The Morgan fingerprint density at radius 2 is 1.83 bits per heavy atom. The minimum Gasteiger partial charge on any atom is -0.496 e. The fraction of sp³-hybridized carbons (Fsp3) is 0.462. The molecule has 3 aromatic rings. The molecular formula is C26H30F2N2O6. The molecule has 10 heteroatoms. The van der Waals surface area contributed by atoms with E-state index in [9.17, 15) is 23.8 Å². The normalized spacial score (nSPS) is 17.6. The van der Waals surface area contributed by atoms with E-state index in [1.54, 1.807) is 30.5 Å². The van der Waals surface area contributed by atoms with E-state index in [1.807, 2.05) is 6.92 Å². The van der Waals surface area contributed by atoms with Gasteiger partial charge in [-0.05, 0) is 43.5 Å².